The van der Waals surface area contributed by atoms with E-state index in [1.165, 1.54) is 0 Å². The molecule has 0 spiro atoms. The molecule has 1 heterocycles. The van der Waals surface area contributed by atoms with E-state index < -0.39 is 0 Å². The third kappa shape index (κ3) is 5.02. The number of benzene rings is 1. The normalized spacial score (nSPS) is 11.7. The standard InChI is InChI=1S/C16H18ClN3O2/c1-22-15(13-5-2-6-14(17)8-13)11-20-16(21)19-10-12-4-3-7-18-9-12/h2-9,15H,10-11H2,1H3,(H2,19,20,21)/t15-/m1/s1. The number of ether oxygens (including phenoxy) is 1. The minimum Gasteiger partial charge on any atom is -0.375 e. The lowest BCUT2D eigenvalue weighted by atomic mass is 10.1. The number of urea groups is 1. The molecule has 116 valence electrons. The fraction of sp³-hybridized carbons (Fsp3) is 0.250. The van der Waals surface area contributed by atoms with Crippen LogP contribution in [0.2, 0.25) is 5.02 Å². The van der Waals surface area contributed by atoms with Crippen molar-refractivity contribution in [3.05, 3.63) is 64.9 Å². The Kier molecular flexibility index (Phi) is 6.18. The fourth-order valence-electron chi connectivity index (χ4n) is 1.98. The molecule has 0 unspecified atom stereocenters. The first-order valence-corrected chi connectivity index (χ1v) is 7.25. The van der Waals surface area contributed by atoms with Gasteiger partial charge in [-0.3, -0.25) is 4.98 Å². The van der Waals surface area contributed by atoms with Crippen molar-refractivity contribution in [2.45, 2.75) is 12.6 Å². The van der Waals surface area contributed by atoms with Crippen LogP contribution in [0.5, 0.6) is 0 Å². The molecule has 0 aliphatic heterocycles. The van der Waals surface area contributed by atoms with E-state index in [2.05, 4.69) is 15.6 Å². The molecule has 1 atom stereocenters. The monoisotopic (exact) mass is 319 g/mol. The van der Waals surface area contributed by atoms with E-state index in [1.807, 2.05) is 30.3 Å². The summed E-state index contributed by atoms with van der Waals surface area (Å²) in [5.41, 5.74) is 1.86. The molecular formula is C16H18ClN3O2. The highest BCUT2D eigenvalue weighted by atomic mass is 35.5. The maximum Gasteiger partial charge on any atom is 0.315 e. The number of rotatable bonds is 6. The van der Waals surface area contributed by atoms with Crippen molar-refractivity contribution >= 4 is 17.6 Å². The number of aromatic nitrogens is 1. The van der Waals surface area contributed by atoms with Crippen LogP contribution in [0.25, 0.3) is 0 Å². The molecule has 0 radical (unpaired) electrons. The second-order valence-electron chi connectivity index (χ2n) is 4.70. The Bertz CT molecular complexity index is 607. The van der Waals surface area contributed by atoms with Gasteiger partial charge in [0.25, 0.3) is 0 Å². The molecule has 6 heteroatoms. The van der Waals surface area contributed by atoms with Crippen LogP contribution in [-0.4, -0.2) is 24.7 Å². The quantitative estimate of drug-likeness (QED) is 0.860. The Morgan fingerprint density at radius 1 is 1.32 bits per heavy atom. The van der Waals surface area contributed by atoms with Crippen molar-refractivity contribution in [2.75, 3.05) is 13.7 Å². The van der Waals surface area contributed by atoms with Gasteiger partial charge in [-0.1, -0.05) is 29.8 Å². The van der Waals surface area contributed by atoms with E-state index in [1.54, 1.807) is 25.6 Å². The number of nitrogens with one attached hydrogen (secondary N) is 2. The van der Waals surface area contributed by atoms with Gasteiger partial charge >= 0.3 is 6.03 Å². The van der Waals surface area contributed by atoms with Crippen LogP contribution in [-0.2, 0) is 11.3 Å². The van der Waals surface area contributed by atoms with Crippen molar-refractivity contribution in [3.8, 4) is 0 Å². The molecule has 1 aromatic carbocycles. The Balaban J connectivity index is 1.81. The van der Waals surface area contributed by atoms with Gasteiger partial charge in [-0.25, -0.2) is 4.79 Å². The van der Waals surface area contributed by atoms with Gasteiger partial charge in [0, 0.05) is 37.6 Å². The highest BCUT2D eigenvalue weighted by molar-refractivity contribution is 6.30. The van der Waals surface area contributed by atoms with Crippen molar-refractivity contribution < 1.29 is 9.53 Å². The van der Waals surface area contributed by atoms with E-state index in [-0.39, 0.29) is 12.1 Å². The first-order valence-electron chi connectivity index (χ1n) is 6.88. The van der Waals surface area contributed by atoms with E-state index in [0.29, 0.717) is 18.1 Å². The second-order valence-corrected chi connectivity index (χ2v) is 5.14. The van der Waals surface area contributed by atoms with Gasteiger partial charge in [0.05, 0.1) is 6.10 Å². The van der Waals surface area contributed by atoms with E-state index in [0.717, 1.165) is 11.1 Å². The minimum atomic E-state index is -0.257. The Morgan fingerprint density at radius 3 is 2.86 bits per heavy atom. The molecule has 0 saturated carbocycles. The molecule has 2 rings (SSSR count). The van der Waals surface area contributed by atoms with Crippen molar-refractivity contribution in [1.82, 2.24) is 15.6 Å². The molecule has 0 bridgehead atoms. The predicted molar refractivity (Wildman–Crippen MR) is 85.7 cm³/mol. The highest BCUT2D eigenvalue weighted by Crippen LogP contribution is 2.19. The van der Waals surface area contributed by atoms with Crippen LogP contribution in [0.1, 0.15) is 17.2 Å². The number of nitrogens with zero attached hydrogens (tertiary/aromatic N) is 1. The lowest BCUT2D eigenvalue weighted by Gasteiger charge is -2.17. The number of carbonyl (C=O) groups is 1. The summed E-state index contributed by atoms with van der Waals surface area (Å²) in [5.74, 6) is 0. The molecule has 0 aliphatic carbocycles. The van der Waals surface area contributed by atoms with Gasteiger partial charge < -0.3 is 15.4 Å². The predicted octanol–water partition coefficient (Wildman–Crippen LogP) is 2.92. The summed E-state index contributed by atoms with van der Waals surface area (Å²) in [6.45, 7) is 0.782. The summed E-state index contributed by atoms with van der Waals surface area (Å²) in [6, 6.07) is 10.9. The summed E-state index contributed by atoms with van der Waals surface area (Å²) in [5, 5.41) is 6.19. The summed E-state index contributed by atoms with van der Waals surface area (Å²) in [4.78, 5) is 15.8. The molecule has 5 nitrogen and oxygen atoms in total. The van der Waals surface area contributed by atoms with Crippen LogP contribution >= 0.6 is 11.6 Å². The highest BCUT2D eigenvalue weighted by Gasteiger charge is 2.12. The average molecular weight is 320 g/mol. The Labute approximate surface area is 134 Å². The van der Waals surface area contributed by atoms with Crippen molar-refractivity contribution in [2.24, 2.45) is 0 Å². The summed E-state index contributed by atoms with van der Waals surface area (Å²) in [6.07, 6.45) is 3.16. The first-order chi connectivity index (χ1) is 10.7. The van der Waals surface area contributed by atoms with Crippen LogP contribution in [0.3, 0.4) is 0 Å². The smallest absolute Gasteiger partial charge is 0.315 e. The number of hydrogen-bond donors (Lipinski definition) is 2. The van der Waals surface area contributed by atoms with Crippen molar-refractivity contribution in [1.29, 1.82) is 0 Å². The fourth-order valence-corrected chi connectivity index (χ4v) is 2.18. The molecular weight excluding hydrogens is 302 g/mol. The molecule has 2 aromatic rings. The molecule has 0 fully saturated rings. The molecule has 0 saturated heterocycles. The molecule has 2 amide bonds. The Hall–Kier alpha value is -2.11. The van der Waals surface area contributed by atoms with Gasteiger partial charge in [0.1, 0.15) is 0 Å². The average Bonchev–Trinajstić information content (AvgIpc) is 2.54. The van der Waals surface area contributed by atoms with Gasteiger partial charge in [0.2, 0.25) is 0 Å². The number of carbonyl (C=O) groups excluding carboxylic acids is 1. The number of methoxy groups -OCH3 is 1. The largest absolute Gasteiger partial charge is 0.375 e. The zero-order valence-electron chi connectivity index (χ0n) is 12.3. The second kappa shape index (κ2) is 8.36. The van der Waals surface area contributed by atoms with E-state index in [4.69, 9.17) is 16.3 Å². The summed E-state index contributed by atoms with van der Waals surface area (Å²) >= 11 is 5.96. The third-order valence-corrected chi connectivity index (χ3v) is 3.36. The van der Waals surface area contributed by atoms with Gasteiger partial charge in [-0.2, -0.15) is 0 Å². The number of amides is 2. The van der Waals surface area contributed by atoms with Crippen LogP contribution in [0.15, 0.2) is 48.8 Å². The number of halogens is 1. The topological polar surface area (TPSA) is 63.2 Å². The maximum absolute atomic E-state index is 11.8. The van der Waals surface area contributed by atoms with Gasteiger partial charge in [0.15, 0.2) is 0 Å². The zero-order valence-corrected chi connectivity index (χ0v) is 13.0. The van der Waals surface area contributed by atoms with Crippen molar-refractivity contribution in [3.63, 3.8) is 0 Å². The van der Waals surface area contributed by atoms with Crippen LogP contribution in [0, 0.1) is 0 Å². The van der Waals surface area contributed by atoms with Gasteiger partial charge in [-0.15, -0.1) is 0 Å². The van der Waals surface area contributed by atoms with Crippen LogP contribution < -0.4 is 10.6 Å². The van der Waals surface area contributed by atoms with E-state index in [9.17, 15) is 4.79 Å². The molecule has 22 heavy (non-hydrogen) atoms. The van der Waals surface area contributed by atoms with Crippen LogP contribution in [0.4, 0.5) is 4.79 Å². The SMILES string of the molecule is CO[C@H](CNC(=O)NCc1cccnc1)c1cccc(Cl)c1. The third-order valence-electron chi connectivity index (χ3n) is 3.13. The zero-order chi connectivity index (χ0) is 15.8. The molecule has 2 N–H and O–H groups in total. The maximum atomic E-state index is 11.8. The van der Waals surface area contributed by atoms with Gasteiger partial charge in [-0.05, 0) is 29.3 Å². The summed E-state index contributed by atoms with van der Waals surface area (Å²) < 4.78 is 5.39. The number of hydrogen-bond acceptors (Lipinski definition) is 3. The Morgan fingerprint density at radius 2 is 2.18 bits per heavy atom. The number of pyridine rings is 1. The first kappa shape index (κ1) is 16.3. The lowest BCUT2D eigenvalue weighted by Crippen LogP contribution is -2.37. The lowest BCUT2D eigenvalue weighted by molar-refractivity contribution is 0.104. The molecule has 1 aromatic heterocycles. The minimum absolute atomic E-state index is 0.247. The molecule has 0 aliphatic rings. The summed E-state index contributed by atoms with van der Waals surface area (Å²) in [7, 11) is 1.60. The van der Waals surface area contributed by atoms with E-state index >= 15 is 0 Å².